The van der Waals surface area contributed by atoms with Crippen LogP contribution >= 0.6 is 11.3 Å². The van der Waals surface area contributed by atoms with Crippen molar-refractivity contribution in [2.24, 2.45) is 0 Å². The number of amides is 1. The average molecular weight is 446 g/mol. The highest BCUT2D eigenvalue weighted by Gasteiger charge is 2.23. The van der Waals surface area contributed by atoms with Crippen LogP contribution in [0.15, 0.2) is 24.3 Å². The third-order valence-electron chi connectivity index (χ3n) is 4.42. The summed E-state index contributed by atoms with van der Waals surface area (Å²) in [6.45, 7) is 7.84. The van der Waals surface area contributed by atoms with Crippen molar-refractivity contribution in [2.45, 2.75) is 26.3 Å². The normalized spacial score (nSPS) is 11.8. The van der Waals surface area contributed by atoms with Gasteiger partial charge in [0.25, 0.3) is 0 Å². The Bertz CT molecular complexity index is 1030. The van der Waals surface area contributed by atoms with Gasteiger partial charge >= 0.3 is 0 Å². The maximum Gasteiger partial charge on any atom is 0.239 e. The van der Waals surface area contributed by atoms with Gasteiger partial charge in [0, 0.05) is 31.2 Å². The van der Waals surface area contributed by atoms with Crippen LogP contribution in [0.25, 0.3) is 16.2 Å². The van der Waals surface area contributed by atoms with Crippen molar-refractivity contribution < 1.29 is 9.90 Å². The van der Waals surface area contributed by atoms with E-state index in [1.54, 1.807) is 16.6 Å². The summed E-state index contributed by atoms with van der Waals surface area (Å²) in [5.74, 6) is 0.940. The third kappa shape index (κ3) is 5.86. The molecule has 3 aromatic rings. The molecule has 0 spiro atoms. The van der Waals surface area contributed by atoms with Gasteiger partial charge in [0.2, 0.25) is 16.0 Å². The van der Waals surface area contributed by atoms with Gasteiger partial charge in [0.05, 0.1) is 6.54 Å². The molecule has 0 aliphatic carbocycles. The van der Waals surface area contributed by atoms with Crippen molar-refractivity contribution in [3.63, 3.8) is 0 Å². The molecule has 3 N–H and O–H groups in total. The summed E-state index contributed by atoms with van der Waals surface area (Å²) in [4.78, 5) is 21.6. The molecule has 0 fully saturated rings. The second kappa shape index (κ2) is 9.11. The van der Waals surface area contributed by atoms with Crippen LogP contribution in [0.3, 0.4) is 0 Å². The predicted octanol–water partition coefficient (Wildman–Crippen LogP) is 2.49. The van der Waals surface area contributed by atoms with Crippen molar-refractivity contribution in [1.29, 1.82) is 0 Å². The smallest absolute Gasteiger partial charge is 0.239 e. The second-order valence-corrected chi connectivity index (χ2v) is 9.75. The van der Waals surface area contributed by atoms with E-state index in [2.05, 4.69) is 31.4 Å². The van der Waals surface area contributed by atoms with Gasteiger partial charge < -0.3 is 25.5 Å². The Hall–Kier alpha value is -2.85. The molecule has 0 aliphatic heterocycles. The number of likely N-dealkylation sites (N-methyl/N-ethyl adjacent to an activating group) is 2. The Labute approximate surface area is 186 Å². The quantitative estimate of drug-likeness (QED) is 0.490. The first kappa shape index (κ1) is 22.8. The SMILES string of the molecule is CN(C)CCNC(=O)CN(C)c1nn2c(NC(C)(C)C)c(-c3ccc(O)cc3)nc2s1. The van der Waals surface area contributed by atoms with Crippen LogP contribution in [0.5, 0.6) is 5.75 Å². The number of fused-ring (bicyclic) bond motifs is 1. The van der Waals surface area contributed by atoms with Gasteiger partial charge in [-0.3, -0.25) is 4.79 Å². The van der Waals surface area contributed by atoms with E-state index in [1.807, 2.05) is 43.1 Å². The second-order valence-electron chi connectivity index (χ2n) is 8.82. The van der Waals surface area contributed by atoms with E-state index < -0.39 is 0 Å². The molecule has 2 heterocycles. The maximum atomic E-state index is 12.2. The molecule has 31 heavy (non-hydrogen) atoms. The zero-order valence-corrected chi connectivity index (χ0v) is 19.7. The largest absolute Gasteiger partial charge is 0.508 e. The average Bonchev–Trinajstić information content (AvgIpc) is 3.20. The minimum Gasteiger partial charge on any atom is -0.508 e. The van der Waals surface area contributed by atoms with Crippen LogP contribution in [0.1, 0.15) is 20.8 Å². The number of rotatable bonds is 8. The fourth-order valence-electron chi connectivity index (χ4n) is 2.94. The van der Waals surface area contributed by atoms with Crippen LogP contribution in [0.2, 0.25) is 0 Å². The van der Waals surface area contributed by atoms with Crippen molar-refractivity contribution >= 4 is 33.2 Å². The number of hydrogen-bond acceptors (Lipinski definition) is 8. The lowest BCUT2D eigenvalue weighted by Crippen LogP contribution is -2.38. The Morgan fingerprint density at radius 3 is 2.48 bits per heavy atom. The molecule has 1 aromatic carbocycles. The summed E-state index contributed by atoms with van der Waals surface area (Å²) in [6.07, 6.45) is 0. The molecule has 0 aliphatic rings. The van der Waals surface area contributed by atoms with Gasteiger partial charge in [-0.25, -0.2) is 4.98 Å². The lowest BCUT2D eigenvalue weighted by Gasteiger charge is -2.22. The van der Waals surface area contributed by atoms with E-state index in [0.717, 1.165) is 28.6 Å². The molecule has 3 rings (SSSR count). The standard InChI is InChI=1S/C21H31N7O2S/c1-21(2,3)24-18-17(14-7-9-15(29)10-8-14)23-19-28(18)25-20(31-19)27(6)13-16(30)22-11-12-26(4)5/h7-10,24,29H,11-13H2,1-6H3,(H,22,30). The van der Waals surface area contributed by atoms with Crippen LogP contribution in [0.4, 0.5) is 10.9 Å². The van der Waals surface area contributed by atoms with Crippen molar-refractivity contribution in [2.75, 3.05) is 51.0 Å². The van der Waals surface area contributed by atoms with Crippen LogP contribution in [-0.2, 0) is 4.79 Å². The number of aromatic hydroxyl groups is 1. The lowest BCUT2D eigenvalue weighted by molar-refractivity contribution is -0.119. The van der Waals surface area contributed by atoms with Gasteiger partial charge in [-0.2, -0.15) is 4.52 Å². The molecule has 0 radical (unpaired) electrons. The molecule has 0 atom stereocenters. The monoisotopic (exact) mass is 445 g/mol. The Balaban J connectivity index is 1.86. The number of phenolic OH excluding ortho intramolecular Hbond substituents is 1. The van der Waals surface area contributed by atoms with Crippen LogP contribution in [0, 0.1) is 0 Å². The molecular weight excluding hydrogens is 414 g/mol. The molecule has 0 saturated heterocycles. The van der Waals surface area contributed by atoms with E-state index in [1.165, 1.54) is 11.3 Å². The zero-order chi connectivity index (χ0) is 22.8. The summed E-state index contributed by atoms with van der Waals surface area (Å²) < 4.78 is 1.79. The predicted molar refractivity (Wildman–Crippen MR) is 126 cm³/mol. The molecule has 10 heteroatoms. The maximum absolute atomic E-state index is 12.2. The number of benzene rings is 1. The Kier molecular flexibility index (Phi) is 6.71. The van der Waals surface area contributed by atoms with E-state index >= 15 is 0 Å². The summed E-state index contributed by atoms with van der Waals surface area (Å²) in [7, 11) is 5.79. The summed E-state index contributed by atoms with van der Waals surface area (Å²) >= 11 is 1.42. The summed E-state index contributed by atoms with van der Waals surface area (Å²) in [6, 6.07) is 6.96. The van der Waals surface area contributed by atoms with Crippen LogP contribution in [-0.4, -0.2) is 76.8 Å². The molecule has 2 aromatic heterocycles. The van der Waals surface area contributed by atoms with Gasteiger partial charge in [-0.15, -0.1) is 5.10 Å². The fourth-order valence-corrected chi connectivity index (χ4v) is 3.80. The molecule has 0 bridgehead atoms. The van der Waals surface area contributed by atoms with E-state index in [-0.39, 0.29) is 23.7 Å². The number of anilines is 2. The Morgan fingerprint density at radius 2 is 1.87 bits per heavy atom. The van der Waals surface area contributed by atoms with Gasteiger partial charge in [0.1, 0.15) is 11.4 Å². The van der Waals surface area contributed by atoms with Gasteiger partial charge in [-0.1, -0.05) is 11.3 Å². The minimum atomic E-state index is -0.205. The number of carbonyl (C=O) groups excluding carboxylic acids is 1. The first-order valence-corrected chi connectivity index (χ1v) is 10.9. The van der Waals surface area contributed by atoms with E-state index in [9.17, 15) is 9.90 Å². The topological polar surface area (TPSA) is 98.0 Å². The molecular formula is C21H31N7O2S. The zero-order valence-electron chi connectivity index (χ0n) is 18.9. The van der Waals surface area contributed by atoms with Gasteiger partial charge in [-0.05, 0) is 59.1 Å². The first-order chi connectivity index (χ1) is 14.5. The highest BCUT2D eigenvalue weighted by molar-refractivity contribution is 7.20. The summed E-state index contributed by atoms with van der Waals surface area (Å²) in [5.41, 5.74) is 1.45. The number of aromatic nitrogens is 3. The van der Waals surface area contributed by atoms with E-state index in [4.69, 9.17) is 10.1 Å². The number of nitrogens with zero attached hydrogens (tertiary/aromatic N) is 5. The number of nitrogens with one attached hydrogen (secondary N) is 2. The number of imidazole rings is 1. The number of phenols is 1. The number of carbonyl (C=O) groups is 1. The van der Waals surface area contributed by atoms with Gasteiger partial charge in [0.15, 0.2) is 5.82 Å². The molecule has 9 nitrogen and oxygen atoms in total. The molecule has 168 valence electrons. The highest BCUT2D eigenvalue weighted by atomic mass is 32.1. The first-order valence-electron chi connectivity index (χ1n) is 10.1. The van der Waals surface area contributed by atoms with E-state index in [0.29, 0.717) is 11.7 Å². The number of hydrogen-bond donors (Lipinski definition) is 3. The Morgan fingerprint density at radius 1 is 1.19 bits per heavy atom. The minimum absolute atomic E-state index is 0.0463. The van der Waals surface area contributed by atoms with Crippen molar-refractivity contribution in [1.82, 2.24) is 24.8 Å². The van der Waals surface area contributed by atoms with Crippen molar-refractivity contribution in [3.05, 3.63) is 24.3 Å². The van der Waals surface area contributed by atoms with Crippen LogP contribution < -0.4 is 15.5 Å². The lowest BCUT2D eigenvalue weighted by atomic mass is 10.1. The van der Waals surface area contributed by atoms with Crippen molar-refractivity contribution in [3.8, 4) is 17.0 Å². The fraction of sp³-hybridized carbons (Fsp3) is 0.476. The molecule has 1 amide bonds. The highest BCUT2D eigenvalue weighted by Crippen LogP contribution is 2.35. The molecule has 0 unspecified atom stereocenters. The summed E-state index contributed by atoms with van der Waals surface area (Å²) in [5, 5.41) is 21.5. The molecule has 0 saturated carbocycles. The third-order valence-corrected chi connectivity index (χ3v) is 5.44.